The minimum atomic E-state index is -1.68. The summed E-state index contributed by atoms with van der Waals surface area (Å²) in [5.41, 5.74) is -3.06. The van der Waals surface area contributed by atoms with Crippen LogP contribution in [0, 0.1) is 5.41 Å². The van der Waals surface area contributed by atoms with Crippen molar-refractivity contribution in [3.63, 3.8) is 0 Å². The number of nitrogens with one attached hydrogen (secondary N) is 2. The van der Waals surface area contributed by atoms with Crippen LogP contribution in [-0.4, -0.2) is 59.9 Å². The first-order chi connectivity index (χ1) is 11.3. The third-order valence-corrected chi connectivity index (χ3v) is 3.57. The number of piperidine rings is 1. The Labute approximate surface area is 148 Å². The molecule has 0 aromatic rings. The molecule has 1 heterocycles. The van der Waals surface area contributed by atoms with Crippen LogP contribution in [0.5, 0.6) is 0 Å². The van der Waals surface area contributed by atoms with Gasteiger partial charge in [-0.2, -0.15) is 0 Å². The zero-order chi connectivity index (χ0) is 19.5. The molecule has 0 aromatic heterocycles. The molecular weight excluding hydrogens is 328 g/mol. The van der Waals surface area contributed by atoms with Crippen molar-refractivity contribution in [2.45, 2.75) is 65.2 Å². The van der Waals surface area contributed by atoms with Crippen LogP contribution in [0.25, 0.3) is 0 Å². The molecule has 3 N–H and O–H groups in total. The molecule has 1 aliphatic heterocycles. The summed E-state index contributed by atoms with van der Waals surface area (Å²) in [6.45, 7) is 10.7. The van der Waals surface area contributed by atoms with Crippen LogP contribution in [0.1, 0.15) is 48.0 Å². The van der Waals surface area contributed by atoms with Crippen LogP contribution in [0.3, 0.4) is 0 Å². The Kier molecular flexibility index (Phi) is 6.58. The van der Waals surface area contributed by atoms with Crippen LogP contribution in [0.2, 0.25) is 0 Å². The van der Waals surface area contributed by atoms with Gasteiger partial charge in [-0.05, 0) is 48.0 Å². The highest BCUT2D eigenvalue weighted by atomic mass is 16.6. The van der Waals surface area contributed by atoms with Crippen molar-refractivity contribution < 1.29 is 29.0 Å². The smallest absolute Gasteiger partial charge is 0.325 e. The van der Waals surface area contributed by atoms with Gasteiger partial charge in [-0.15, -0.1) is 0 Å². The fourth-order valence-corrected chi connectivity index (χ4v) is 2.56. The number of hydrogen-bond donors (Lipinski definition) is 3. The van der Waals surface area contributed by atoms with Crippen LogP contribution in [-0.2, 0) is 23.9 Å². The number of carboxylic acid groups (broad SMARTS) is 1. The molecule has 0 aliphatic carbocycles. The van der Waals surface area contributed by atoms with E-state index in [1.165, 1.54) is 0 Å². The van der Waals surface area contributed by atoms with Crippen molar-refractivity contribution in [1.29, 1.82) is 0 Å². The number of carboxylic acids is 1. The molecule has 0 radical (unpaired) electrons. The average molecular weight is 358 g/mol. The zero-order valence-electron chi connectivity index (χ0n) is 15.9. The summed E-state index contributed by atoms with van der Waals surface area (Å²) in [5, 5.41) is 15.6. The lowest BCUT2D eigenvalue weighted by Crippen LogP contribution is -2.60. The van der Waals surface area contributed by atoms with Gasteiger partial charge in [0.2, 0.25) is 0 Å². The number of ether oxygens (including phenoxy) is 2. The van der Waals surface area contributed by atoms with Gasteiger partial charge < -0.3 is 25.2 Å². The van der Waals surface area contributed by atoms with E-state index in [0.29, 0.717) is 6.54 Å². The average Bonchev–Trinajstić information content (AvgIpc) is 2.41. The Morgan fingerprint density at radius 3 is 2.16 bits per heavy atom. The van der Waals surface area contributed by atoms with Gasteiger partial charge in [-0.25, -0.2) is 0 Å². The van der Waals surface area contributed by atoms with Crippen LogP contribution >= 0.6 is 0 Å². The largest absolute Gasteiger partial charge is 0.480 e. The van der Waals surface area contributed by atoms with E-state index in [4.69, 9.17) is 9.47 Å². The van der Waals surface area contributed by atoms with Crippen molar-refractivity contribution in [2.75, 3.05) is 19.6 Å². The molecule has 8 nitrogen and oxygen atoms in total. The highest BCUT2D eigenvalue weighted by Gasteiger charge is 2.52. The van der Waals surface area contributed by atoms with Crippen LogP contribution < -0.4 is 10.6 Å². The summed E-state index contributed by atoms with van der Waals surface area (Å²) in [4.78, 5) is 36.1. The SMILES string of the molecule is CC(C)(C)OC(=O)CNC1CNCC(C(=O)O)(C(=O)OC(C)(C)C)C1. The monoisotopic (exact) mass is 358 g/mol. The summed E-state index contributed by atoms with van der Waals surface area (Å²) in [5.74, 6) is -2.45. The van der Waals surface area contributed by atoms with E-state index < -0.39 is 34.5 Å². The summed E-state index contributed by atoms with van der Waals surface area (Å²) in [6, 6.07) is -0.370. The predicted molar refractivity (Wildman–Crippen MR) is 91.0 cm³/mol. The molecule has 25 heavy (non-hydrogen) atoms. The second kappa shape index (κ2) is 7.70. The van der Waals surface area contributed by atoms with Crippen molar-refractivity contribution in [3.8, 4) is 0 Å². The van der Waals surface area contributed by atoms with E-state index in [1.807, 2.05) is 0 Å². The predicted octanol–water partition coefficient (Wildman–Crippen LogP) is 0.692. The molecule has 1 saturated heterocycles. The fourth-order valence-electron chi connectivity index (χ4n) is 2.56. The molecule has 0 spiro atoms. The van der Waals surface area contributed by atoms with Gasteiger partial charge in [-0.1, -0.05) is 0 Å². The van der Waals surface area contributed by atoms with Gasteiger partial charge in [0.05, 0.1) is 6.54 Å². The van der Waals surface area contributed by atoms with Crippen molar-refractivity contribution >= 4 is 17.9 Å². The molecule has 1 aliphatic rings. The topological polar surface area (TPSA) is 114 Å². The van der Waals surface area contributed by atoms with Gasteiger partial charge in [0, 0.05) is 19.1 Å². The highest BCUT2D eigenvalue weighted by molar-refractivity contribution is 6.00. The molecule has 2 unspecified atom stereocenters. The molecule has 0 saturated carbocycles. The van der Waals surface area contributed by atoms with E-state index in [0.717, 1.165) is 0 Å². The van der Waals surface area contributed by atoms with Gasteiger partial charge in [0.15, 0.2) is 5.41 Å². The molecule has 0 amide bonds. The molecule has 0 bridgehead atoms. The van der Waals surface area contributed by atoms with Crippen LogP contribution in [0.4, 0.5) is 0 Å². The lowest BCUT2D eigenvalue weighted by Gasteiger charge is -2.38. The van der Waals surface area contributed by atoms with Gasteiger partial charge in [0.1, 0.15) is 11.2 Å². The molecular formula is C17H30N2O6. The lowest BCUT2D eigenvalue weighted by atomic mass is 9.78. The summed E-state index contributed by atoms with van der Waals surface area (Å²) in [6.07, 6.45) is 0.0348. The van der Waals surface area contributed by atoms with Crippen LogP contribution in [0.15, 0.2) is 0 Å². The highest BCUT2D eigenvalue weighted by Crippen LogP contribution is 2.30. The maximum absolute atomic E-state index is 12.5. The number of carbonyl (C=O) groups is 3. The molecule has 0 aromatic carbocycles. The van der Waals surface area contributed by atoms with Gasteiger partial charge in [-0.3, -0.25) is 14.4 Å². The molecule has 144 valence electrons. The first kappa shape index (κ1) is 21.4. The Morgan fingerprint density at radius 1 is 1.12 bits per heavy atom. The van der Waals surface area contributed by atoms with E-state index in [2.05, 4.69) is 10.6 Å². The van der Waals surface area contributed by atoms with E-state index in [-0.39, 0.29) is 25.6 Å². The Morgan fingerprint density at radius 2 is 1.68 bits per heavy atom. The molecule has 8 heteroatoms. The standard InChI is InChI=1S/C17H30N2O6/c1-15(2,3)24-12(20)9-19-11-7-17(13(21)22,10-18-8-11)14(23)25-16(4,5)6/h11,18-19H,7-10H2,1-6H3,(H,21,22). The normalized spacial score (nSPS) is 24.5. The maximum atomic E-state index is 12.5. The molecule has 1 rings (SSSR count). The fraction of sp³-hybridized carbons (Fsp3) is 0.824. The van der Waals surface area contributed by atoms with Gasteiger partial charge in [0.25, 0.3) is 0 Å². The number of aliphatic carboxylic acids is 1. The van der Waals surface area contributed by atoms with Crippen molar-refractivity contribution in [1.82, 2.24) is 10.6 Å². The minimum Gasteiger partial charge on any atom is -0.480 e. The number of esters is 2. The zero-order valence-corrected chi connectivity index (χ0v) is 15.9. The number of rotatable bonds is 5. The number of hydrogen-bond acceptors (Lipinski definition) is 7. The first-order valence-corrected chi connectivity index (χ1v) is 8.38. The summed E-state index contributed by atoms with van der Waals surface area (Å²) in [7, 11) is 0. The minimum absolute atomic E-state index is 0.0120. The van der Waals surface area contributed by atoms with Crippen molar-refractivity contribution in [2.24, 2.45) is 5.41 Å². The Hall–Kier alpha value is -1.67. The Bertz CT molecular complexity index is 520. The van der Waals surface area contributed by atoms with Gasteiger partial charge >= 0.3 is 17.9 Å². The third kappa shape index (κ3) is 6.62. The van der Waals surface area contributed by atoms with E-state index in [1.54, 1.807) is 41.5 Å². The number of carbonyl (C=O) groups excluding carboxylic acids is 2. The second-order valence-electron chi connectivity index (χ2n) is 8.39. The molecule has 2 atom stereocenters. The molecule has 1 fully saturated rings. The quantitative estimate of drug-likeness (QED) is 0.486. The Balaban J connectivity index is 2.76. The summed E-state index contributed by atoms with van der Waals surface area (Å²) >= 11 is 0. The summed E-state index contributed by atoms with van der Waals surface area (Å²) < 4.78 is 10.5. The second-order valence-corrected chi connectivity index (χ2v) is 8.39. The lowest BCUT2D eigenvalue weighted by molar-refractivity contribution is -0.178. The maximum Gasteiger partial charge on any atom is 0.325 e. The van der Waals surface area contributed by atoms with Crippen molar-refractivity contribution in [3.05, 3.63) is 0 Å². The van der Waals surface area contributed by atoms with E-state index >= 15 is 0 Å². The third-order valence-electron chi connectivity index (χ3n) is 3.57. The first-order valence-electron chi connectivity index (χ1n) is 8.38. The van der Waals surface area contributed by atoms with E-state index in [9.17, 15) is 19.5 Å².